The first-order chi connectivity index (χ1) is 13.0. The van der Waals surface area contributed by atoms with Crippen molar-refractivity contribution < 1.29 is 13.6 Å². The van der Waals surface area contributed by atoms with E-state index in [2.05, 4.69) is 20.3 Å². The highest BCUT2D eigenvalue weighted by molar-refractivity contribution is 6.11. The van der Waals surface area contributed by atoms with Crippen LogP contribution in [0.3, 0.4) is 0 Å². The van der Waals surface area contributed by atoms with Crippen molar-refractivity contribution in [3.05, 3.63) is 71.8 Å². The summed E-state index contributed by atoms with van der Waals surface area (Å²) in [7, 11) is 0. The quantitative estimate of drug-likeness (QED) is 0.588. The van der Waals surface area contributed by atoms with E-state index in [1.54, 1.807) is 38.2 Å². The van der Waals surface area contributed by atoms with Gasteiger partial charge in [0.15, 0.2) is 12.2 Å². The summed E-state index contributed by atoms with van der Waals surface area (Å²) >= 11 is 0. The van der Waals surface area contributed by atoms with Crippen LogP contribution in [0.4, 0.5) is 10.1 Å². The molecule has 0 aliphatic carbocycles. The van der Waals surface area contributed by atoms with Crippen LogP contribution < -0.4 is 5.32 Å². The zero-order chi connectivity index (χ0) is 19.0. The van der Waals surface area contributed by atoms with E-state index < -0.39 is 11.7 Å². The van der Waals surface area contributed by atoms with Crippen LogP contribution in [-0.4, -0.2) is 20.9 Å². The van der Waals surface area contributed by atoms with Gasteiger partial charge in [0.25, 0.3) is 5.91 Å². The molecule has 6 nitrogen and oxygen atoms in total. The summed E-state index contributed by atoms with van der Waals surface area (Å²) in [5, 5.41) is 2.78. The summed E-state index contributed by atoms with van der Waals surface area (Å²) in [6, 6.07) is 9.55. The Hall–Kier alpha value is -3.61. The van der Waals surface area contributed by atoms with Gasteiger partial charge in [-0.05, 0) is 32.0 Å². The molecule has 4 rings (SSSR count). The summed E-state index contributed by atoms with van der Waals surface area (Å²) < 4.78 is 19.3. The molecule has 1 N–H and O–H groups in total. The molecule has 0 fully saturated rings. The number of hydrogen-bond donors (Lipinski definition) is 1. The minimum Gasteiger partial charge on any atom is -0.444 e. The largest absolute Gasteiger partial charge is 0.444 e. The fourth-order valence-corrected chi connectivity index (χ4v) is 2.78. The number of fused-ring (bicyclic) bond motifs is 1. The second-order valence-corrected chi connectivity index (χ2v) is 6.12. The molecule has 7 heteroatoms. The van der Waals surface area contributed by atoms with Crippen molar-refractivity contribution in [1.82, 2.24) is 15.0 Å². The summed E-state index contributed by atoms with van der Waals surface area (Å²) in [6.45, 7) is 3.59. The van der Waals surface area contributed by atoms with Gasteiger partial charge in [-0.3, -0.25) is 4.79 Å². The van der Waals surface area contributed by atoms with Gasteiger partial charge >= 0.3 is 0 Å². The van der Waals surface area contributed by atoms with E-state index in [0.29, 0.717) is 33.9 Å². The first-order valence-electron chi connectivity index (χ1n) is 8.26. The number of nitrogens with zero attached hydrogens (tertiary/aromatic N) is 3. The molecule has 27 heavy (non-hydrogen) atoms. The van der Waals surface area contributed by atoms with Gasteiger partial charge in [-0.25, -0.2) is 19.3 Å². The second kappa shape index (κ2) is 6.60. The van der Waals surface area contributed by atoms with Crippen molar-refractivity contribution in [3.63, 3.8) is 0 Å². The van der Waals surface area contributed by atoms with E-state index in [9.17, 15) is 9.18 Å². The van der Waals surface area contributed by atoms with Crippen LogP contribution in [0.25, 0.3) is 22.4 Å². The molecule has 2 aromatic carbocycles. The third-order valence-electron chi connectivity index (χ3n) is 4.23. The maximum Gasteiger partial charge on any atom is 0.258 e. The van der Waals surface area contributed by atoms with Crippen molar-refractivity contribution in [2.45, 2.75) is 13.8 Å². The van der Waals surface area contributed by atoms with Crippen molar-refractivity contribution in [2.75, 3.05) is 5.32 Å². The number of carbonyl (C=O) groups excluding carboxylic acids is 1. The standard InChI is InChI=1S/C20H15FN4O2/c1-11-12(2)24-19-16(7-14(21)8-17(19)23-11)20(26)25-15-5-3-4-13(6-15)18-9-22-10-27-18/h3-10H,1-2H3,(H,25,26). The number of oxazole rings is 1. The smallest absolute Gasteiger partial charge is 0.258 e. The lowest BCUT2D eigenvalue weighted by molar-refractivity contribution is 0.102. The number of carbonyl (C=O) groups is 1. The van der Waals surface area contributed by atoms with Crippen LogP contribution in [0.15, 0.2) is 53.4 Å². The van der Waals surface area contributed by atoms with Gasteiger partial charge < -0.3 is 9.73 Å². The fraction of sp³-hybridized carbons (Fsp3) is 0.100. The average Bonchev–Trinajstić information content (AvgIpc) is 3.17. The molecule has 0 atom stereocenters. The summed E-state index contributed by atoms with van der Waals surface area (Å²) in [6.07, 6.45) is 2.92. The van der Waals surface area contributed by atoms with E-state index in [-0.39, 0.29) is 5.56 Å². The van der Waals surface area contributed by atoms with Gasteiger partial charge in [0.05, 0.1) is 28.7 Å². The monoisotopic (exact) mass is 362 g/mol. The molecule has 2 aromatic heterocycles. The van der Waals surface area contributed by atoms with E-state index in [0.717, 1.165) is 5.56 Å². The molecule has 0 unspecified atom stereocenters. The maximum absolute atomic E-state index is 14.0. The zero-order valence-corrected chi connectivity index (χ0v) is 14.7. The molecular weight excluding hydrogens is 347 g/mol. The molecule has 134 valence electrons. The topological polar surface area (TPSA) is 80.9 Å². The Kier molecular flexibility index (Phi) is 4.12. The van der Waals surface area contributed by atoms with E-state index in [4.69, 9.17) is 4.42 Å². The fourth-order valence-electron chi connectivity index (χ4n) is 2.78. The Morgan fingerprint density at radius 3 is 2.70 bits per heavy atom. The average molecular weight is 362 g/mol. The van der Waals surface area contributed by atoms with Gasteiger partial charge in [0, 0.05) is 17.3 Å². The van der Waals surface area contributed by atoms with Gasteiger partial charge in [0.2, 0.25) is 0 Å². The van der Waals surface area contributed by atoms with Crippen molar-refractivity contribution in [3.8, 4) is 11.3 Å². The van der Waals surface area contributed by atoms with Crippen molar-refractivity contribution >= 4 is 22.6 Å². The Balaban J connectivity index is 1.72. The lowest BCUT2D eigenvalue weighted by Gasteiger charge is -2.10. The van der Waals surface area contributed by atoms with E-state index in [1.807, 2.05) is 6.07 Å². The molecular formula is C20H15FN4O2. The Morgan fingerprint density at radius 2 is 1.93 bits per heavy atom. The van der Waals surface area contributed by atoms with Gasteiger partial charge in [-0.2, -0.15) is 0 Å². The maximum atomic E-state index is 14.0. The minimum atomic E-state index is -0.541. The first-order valence-corrected chi connectivity index (χ1v) is 8.26. The van der Waals surface area contributed by atoms with Crippen LogP contribution in [0.1, 0.15) is 21.7 Å². The van der Waals surface area contributed by atoms with Crippen molar-refractivity contribution in [2.24, 2.45) is 0 Å². The molecule has 2 heterocycles. The van der Waals surface area contributed by atoms with Crippen LogP contribution in [0.2, 0.25) is 0 Å². The lowest BCUT2D eigenvalue weighted by Crippen LogP contribution is -2.14. The number of nitrogens with one attached hydrogen (secondary N) is 1. The molecule has 0 spiro atoms. The van der Waals surface area contributed by atoms with Crippen LogP contribution in [0, 0.1) is 19.7 Å². The first kappa shape index (κ1) is 16.8. The Labute approximate surface area is 154 Å². The van der Waals surface area contributed by atoms with Crippen molar-refractivity contribution in [1.29, 1.82) is 0 Å². The number of benzene rings is 2. The van der Waals surface area contributed by atoms with Crippen LogP contribution in [-0.2, 0) is 0 Å². The molecule has 0 aliphatic heterocycles. The normalized spacial score (nSPS) is 10.9. The van der Waals surface area contributed by atoms with E-state index in [1.165, 1.54) is 18.5 Å². The molecule has 0 saturated heterocycles. The second-order valence-electron chi connectivity index (χ2n) is 6.12. The Bertz CT molecular complexity index is 1160. The van der Waals surface area contributed by atoms with Gasteiger partial charge in [0.1, 0.15) is 11.3 Å². The third kappa shape index (κ3) is 3.27. The number of rotatable bonds is 3. The number of aromatic nitrogens is 3. The van der Waals surface area contributed by atoms with Gasteiger partial charge in [-0.1, -0.05) is 12.1 Å². The highest BCUT2D eigenvalue weighted by Gasteiger charge is 2.16. The highest BCUT2D eigenvalue weighted by Crippen LogP contribution is 2.24. The number of aryl methyl sites for hydroxylation is 2. The summed E-state index contributed by atoms with van der Waals surface area (Å²) in [5.74, 6) is -0.424. The molecule has 0 aliphatic rings. The van der Waals surface area contributed by atoms with Crippen LogP contribution >= 0.6 is 0 Å². The number of anilines is 1. The molecule has 0 saturated carbocycles. The summed E-state index contributed by atoms with van der Waals surface area (Å²) in [4.78, 5) is 25.4. The molecule has 0 radical (unpaired) electrons. The minimum absolute atomic E-state index is 0.130. The number of halogens is 1. The third-order valence-corrected chi connectivity index (χ3v) is 4.23. The molecule has 0 bridgehead atoms. The molecule has 1 amide bonds. The van der Waals surface area contributed by atoms with Gasteiger partial charge in [-0.15, -0.1) is 0 Å². The predicted octanol–water partition coefficient (Wildman–Crippen LogP) is 4.29. The zero-order valence-electron chi connectivity index (χ0n) is 14.7. The lowest BCUT2D eigenvalue weighted by atomic mass is 10.1. The Morgan fingerprint density at radius 1 is 1.11 bits per heavy atom. The predicted molar refractivity (Wildman–Crippen MR) is 98.9 cm³/mol. The summed E-state index contributed by atoms with van der Waals surface area (Å²) in [5.41, 5.74) is 3.53. The highest BCUT2D eigenvalue weighted by atomic mass is 19.1. The SMILES string of the molecule is Cc1nc2cc(F)cc(C(=O)Nc3cccc(-c4cnco4)c3)c2nc1C. The van der Waals surface area contributed by atoms with Crippen LogP contribution in [0.5, 0.6) is 0 Å². The number of amides is 1. The van der Waals surface area contributed by atoms with E-state index >= 15 is 0 Å². The molecule has 4 aromatic rings. The number of hydrogen-bond acceptors (Lipinski definition) is 5.